The number of carbonyl (C=O) groups is 1. The third kappa shape index (κ3) is 1.83. The molecule has 0 aromatic carbocycles. The Morgan fingerprint density at radius 3 is 2.53 bits per heavy atom. The van der Waals surface area contributed by atoms with Crippen molar-refractivity contribution in [3.8, 4) is 0 Å². The molecular formula is C11H17F2NO3. The van der Waals surface area contributed by atoms with E-state index < -0.39 is 23.4 Å². The molecule has 0 aliphatic carbocycles. The van der Waals surface area contributed by atoms with Gasteiger partial charge in [-0.05, 0) is 38.8 Å². The molecule has 2 bridgehead atoms. The molecule has 0 amide bonds. The van der Waals surface area contributed by atoms with Crippen LogP contribution in [0.25, 0.3) is 0 Å². The van der Waals surface area contributed by atoms with Crippen LogP contribution in [-0.4, -0.2) is 53.7 Å². The standard InChI is InChI=1S/C11H17F2NO3/c1-2-17-9(15)11(12,13)10(16)7-14-5-3-8(10)4-6-14/h8,16H,2-7H2,1H3/t10-/m0/s1. The van der Waals surface area contributed by atoms with Crippen LogP contribution in [0.2, 0.25) is 0 Å². The molecule has 98 valence electrons. The van der Waals surface area contributed by atoms with Gasteiger partial charge in [0.1, 0.15) is 0 Å². The monoisotopic (exact) mass is 249 g/mol. The summed E-state index contributed by atoms with van der Waals surface area (Å²) in [6, 6.07) is 0. The fraction of sp³-hybridized carbons (Fsp3) is 0.909. The van der Waals surface area contributed by atoms with Crippen molar-refractivity contribution in [1.29, 1.82) is 0 Å². The minimum atomic E-state index is -3.83. The highest BCUT2D eigenvalue weighted by Crippen LogP contribution is 2.45. The van der Waals surface area contributed by atoms with Crippen LogP contribution in [0.1, 0.15) is 19.8 Å². The summed E-state index contributed by atoms with van der Waals surface area (Å²) in [5.41, 5.74) is -2.27. The normalized spacial score (nSPS) is 36.9. The number of fused-ring (bicyclic) bond motifs is 3. The van der Waals surface area contributed by atoms with Gasteiger partial charge < -0.3 is 14.7 Å². The van der Waals surface area contributed by atoms with Crippen LogP contribution in [0.3, 0.4) is 0 Å². The van der Waals surface area contributed by atoms with Crippen LogP contribution >= 0.6 is 0 Å². The lowest BCUT2D eigenvalue weighted by Crippen LogP contribution is -2.69. The molecule has 0 aromatic heterocycles. The van der Waals surface area contributed by atoms with E-state index in [0.29, 0.717) is 25.9 Å². The number of nitrogens with zero attached hydrogens (tertiary/aromatic N) is 1. The first kappa shape index (κ1) is 12.7. The van der Waals surface area contributed by atoms with Gasteiger partial charge in [-0.15, -0.1) is 0 Å². The number of carbonyl (C=O) groups excluding carboxylic acids is 1. The topological polar surface area (TPSA) is 49.8 Å². The number of hydrogen-bond acceptors (Lipinski definition) is 4. The minimum absolute atomic E-state index is 0.112. The maximum atomic E-state index is 14.0. The molecular weight excluding hydrogens is 232 g/mol. The second-order valence-electron chi connectivity index (χ2n) is 4.77. The van der Waals surface area contributed by atoms with Crippen LogP contribution < -0.4 is 0 Å². The average molecular weight is 249 g/mol. The minimum Gasteiger partial charge on any atom is -0.461 e. The molecule has 17 heavy (non-hydrogen) atoms. The van der Waals surface area contributed by atoms with E-state index in [0.717, 1.165) is 0 Å². The van der Waals surface area contributed by atoms with E-state index in [4.69, 9.17) is 0 Å². The summed E-state index contributed by atoms with van der Waals surface area (Å²) in [5.74, 6) is -5.96. The number of piperidine rings is 3. The molecule has 3 rings (SSSR count). The molecule has 0 unspecified atom stereocenters. The molecule has 4 nitrogen and oxygen atoms in total. The molecule has 6 heteroatoms. The molecule has 0 radical (unpaired) electrons. The van der Waals surface area contributed by atoms with E-state index in [2.05, 4.69) is 4.74 Å². The van der Waals surface area contributed by atoms with Crippen molar-refractivity contribution in [3.05, 3.63) is 0 Å². The third-order valence-electron chi connectivity index (χ3n) is 3.80. The van der Waals surface area contributed by atoms with Crippen LogP contribution in [-0.2, 0) is 9.53 Å². The van der Waals surface area contributed by atoms with Crippen molar-refractivity contribution < 1.29 is 23.4 Å². The molecule has 3 aliphatic rings. The predicted octanol–water partition coefficient (Wildman–Crippen LogP) is 0.641. The van der Waals surface area contributed by atoms with Gasteiger partial charge in [-0.3, -0.25) is 0 Å². The molecule has 0 saturated carbocycles. The van der Waals surface area contributed by atoms with Gasteiger partial charge in [-0.1, -0.05) is 0 Å². The Bertz CT molecular complexity index is 316. The highest BCUT2D eigenvalue weighted by molar-refractivity contribution is 5.79. The zero-order valence-corrected chi connectivity index (χ0v) is 9.79. The number of aliphatic hydroxyl groups is 1. The zero-order valence-electron chi connectivity index (χ0n) is 9.79. The molecule has 1 atom stereocenters. The molecule has 3 heterocycles. The fourth-order valence-electron chi connectivity index (χ4n) is 2.79. The maximum absolute atomic E-state index is 14.0. The fourth-order valence-corrected chi connectivity index (χ4v) is 2.79. The predicted molar refractivity (Wildman–Crippen MR) is 55.7 cm³/mol. The second-order valence-corrected chi connectivity index (χ2v) is 4.77. The Balaban J connectivity index is 2.22. The summed E-state index contributed by atoms with van der Waals surface area (Å²) in [7, 11) is 0. The highest BCUT2D eigenvalue weighted by atomic mass is 19.3. The van der Waals surface area contributed by atoms with Gasteiger partial charge in [-0.25, -0.2) is 4.79 Å². The van der Waals surface area contributed by atoms with Crippen molar-refractivity contribution >= 4 is 5.97 Å². The quantitative estimate of drug-likeness (QED) is 0.746. The lowest BCUT2D eigenvalue weighted by atomic mass is 9.72. The lowest BCUT2D eigenvalue weighted by molar-refractivity contribution is -0.250. The SMILES string of the molecule is CCOC(=O)C(F)(F)[C@]1(O)CN2CCC1CC2. The summed E-state index contributed by atoms with van der Waals surface area (Å²) in [6.45, 7) is 2.63. The van der Waals surface area contributed by atoms with Crippen LogP contribution in [0.4, 0.5) is 8.78 Å². The van der Waals surface area contributed by atoms with Gasteiger partial charge in [0.15, 0.2) is 5.60 Å². The molecule has 3 saturated heterocycles. The number of halogens is 2. The number of rotatable bonds is 3. The second kappa shape index (κ2) is 4.17. The van der Waals surface area contributed by atoms with E-state index >= 15 is 0 Å². The van der Waals surface area contributed by atoms with E-state index in [1.807, 2.05) is 0 Å². The summed E-state index contributed by atoms with van der Waals surface area (Å²) < 4.78 is 32.3. The number of hydrogen-bond donors (Lipinski definition) is 1. The van der Waals surface area contributed by atoms with Crippen LogP contribution in [0.5, 0.6) is 0 Å². The maximum Gasteiger partial charge on any atom is 0.380 e. The summed E-state index contributed by atoms with van der Waals surface area (Å²) >= 11 is 0. The average Bonchev–Trinajstić information content (AvgIpc) is 2.30. The summed E-state index contributed by atoms with van der Waals surface area (Å²) in [5, 5.41) is 10.2. The number of ether oxygens (including phenoxy) is 1. The van der Waals surface area contributed by atoms with Crippen molar-refractivity contribution in [1.82, 2.24) is 4.90 Å². The van der Waals surface area contributed by atoms with Crippen molar-refractivity contribution in [2.75, 3.05) is 26.2 Å². The summed E-state index contributed by atoms with van der Waals surface area (Å²) in [6.07, 6.45) is 1.01. The van der Waals surface area contributed by atoms with Gasteiger partial charge in [-0.2, -0.15) is 8.78 Å². The Morgan fingerprint density at radius 1 is 1.53 bits per heavy atom. The Labute approximate surface area is 98.5 Å². The zero-order chi connectivity index (χ0) is 12.7. The van der Waals surface area contributed by atoms with Crippen LogP contribution in [0.15, 0.2) is 0 Å². The smallest absolute Gasteiger partial charge is 0.380 e. The first-order valence-corrected chi connectivity index (χ1v) is 5.91. The van der Waals surface area contributed by atoms with Crippen molar-refractivity contribution in [2.24, 2.45) is 5.92 Å². The van der Waals surface area contributed by atoms with E-state index in [1.54, 1.807) is 4.90 Å². The van der Waals surface area contributed by atoms with Gasteiger partial charge >= 0.3 is 11.9 Å². The Kier molecular flexibility index (Phi) is 3.12. The third-order valence-corrected chi connectivity index (χ3v) is 3.80. The highest BCUT2D eigenvalue weighted by Gasteiger charge is 2.65. The molecule has 3 fully saturated rings. The molecule has 0 aromatic rings. The van der Waals surface area contributed by atoms with E-state index in [-0.39, 0.29) is 13.2 Å². The van der Waals surface area contributed by atoms with Gasteiger partial charge in [0.2, 0.25) is 0 Å². The van der Waals surface area contributed by atoms with E-state index in [9.17, 15) is 18.7 Å². The van der Waals surface area contributed by atoms with Crippen LogP contribution in [0, 0.1) is 5.92 Å². The molecule has 1 N–H and O–H groups in total. The number of alkyl halides is 2. The largest absolute Gasteiger partial charge is 0.461 e. The first-order valence-electron chi connectivity index (χ1n) is 5.91. The van der Waals surface area contributed by atoms with E-state index in [1.165, 1.54) is 6.92 Å². The van der Waals surface area contributed by atoms with Crippen molar-refractivity contribution in [3.63, 3.8) is 0 Å². The number of esters is 1. The summed E-state index contributed by atoms with van der Waals surface area (Å²) in [4.78, 5) is 13.1. The molecule has 3 aliphatic heterocycles. The van der Waals surface area contributed by atoms with Gasteiger partial charge in [0.05, 0.1) is 6.61 Å². The van der Waals surface area contributed by atoms with Gasteiger partial charge in [0.25, 0.3) is 0 Å². The van der Waals surface area contributed by atoms with Gasteiger partial charge in [0, 0.05) is 6.54 Å². The molecule has 0 spiro atoms. The van der Waals surface area contributed by atoms with Crippen molar-refractivity contribution in [2.45, 2.75) is 31.3 Å². The Morgan fingerprint density at radius 2 is 2.12 bits per heavy atom. The lowest BCUT2D eigenvalue weighted by Gasteiger charge is -2.51. The Hall–Kier alpha value is -0.750. The first-order chi connectivity index (χ1) is 7.91.